The Morgan fingerprint density at radius 2 is 2.50 bits per heavy atom. The van der Waals surface area contributed by atoms with Gasteiger partial charge in [-0.1, -0.05) is 11.6 Å². The molecule has 2 rings (SSSR count). The van der Waals surface area contributed by atoms with Crippen molar-refractivity contribution in [1.82, 2.24) is 10.3 Å². The molecule has 14 heavy (non-hydrogen) atoms. The van der Waals surface area contributed by atoms with E-state index < -0.39 is 0 Å². The lowest BCUT2D eigenvalue weighted by atomic mass is 10.3. The van der Waals surface area contributed by atoms with Crippen molar-refractivity contribution in [2.24, 2.45) is 0 Å². The van der Waals surface area contributed by atoms with Gasteiger partial charge in [-0.25, -0.2) is 4.98 Å². The Bertz CT molecular complexity index is 329. The molecular formula is C9H10BrClN2O. The van der Waals surface area contributed by atoms with Gasteiger partial charge in [-0.2, -0.15) is 0 Å². The number of rotatable bonds is 2. The van der Waals surface area contributed by atoms with Crippen LogP contribution in [0.1, 0.15) is 6.42 Å². The highest BCUT2D eigenvalue weighted by molar-refractivity contribution is 9.10. The molecule has 0 bridgehead atoms. The molecule has 1 N–H and O–H groups in total. The third-order valence-electron chi connectivity index (χ3n) is 2.09. The summed E-state index contributed by atoms with van der Waals surface area (Å²) in [7, 11) is 0. The van der Waals surface area contributed by atoms with Crippen LogP contribution < -0.4 is 10.1 Å². The Morgan fingerprint density at radius 3 is 3.14 bits per heavy atom. The minimum Gasteiger partial charge on any atom is -0.487 e. The summed E-state index contributed by atoms with van der Waals surface area (Å²) in [6.07, 6.45) is 2.94. The van der Waals surface area contributed by atoms with Crippen molar-refractivity contribution >= 4 is 27.5 Å². The van der Waals surface area contributed by atoms with E-state index in [1.165, 1.54) is 0 Å². The van der Waals surface area contributed by atoms with E-state index in [1.807, 2.05) is 6.07 Å². The summed E-state index contributed by atoms with van der Waals surface area (Å²) in [6, 6.07) is 1.84. The van der Waals surface area contributed by atoms with Crippen molar-refractivity contribution in [2.75, 3.05) is 13.1 Å². The predicted molar refractivity (Wildman–Crippen MR) is 58.8 cm³/mol. The van der Waals surface area contributed by atoms with Crippen LogP contribution in [0.4, 0.5) is 0 Å². The molecule has 1 atom stereocenters. The largest absolute Gasteiger partial charge is 0.487 e. The fourth-order valence-corrected chi connectivity index (χ4v) is 1.82. The van der Waals surface area contributed by atoms with Crippen LogP contribution in [0.2, 0.25) is 5.15 Å². The molecule has 1 fully saturated rings. The molecule has 3 nitrogen and oxygen atoms in total. The molecular weight excluding hydrogens is 267 g/mol. The summed E-state index contributed by atoms with van der Waals surface area (Å²) in [4.78, 5) is 3.99. The maximum atomic E-state index is 5.77. The monoisotopic (exact) mass is 276 g/mol. The van der Waals surface area contributed by atoms with E-state index >= 15 is 0 Å². The van der Waals surface area contributed by atoms with E-state index in [0.29, 0.717) is 5.15 Å². The first kappa shape index (κ1) is 10.2. The van der Waals surface area contributed by atoms with Crippen LogP contribution in [0.3, 0.4) is 0 Å². The van der Waals surface area contributed by atoms with Gasteiger partial charge in [-0.15, -0.1) is 0 Å². The zero-order valence-corrected chi connectivity index (χ0v) is 9.81. The number of nitrogens with zero attached hydrogens (tertiary/aromatic N) is 1. The predicted octanol–water partition coefficient (Wildman–Crippen LogP) is 2.24. The molecule has 2 heterocycles. The lowest BCUT2D eigenvalue weighted by Gasteiger charge is -2.12. The van der Waals surface area contributed by atoms with Crippen molar-refractivity contribution in [3.05, 3.63) is 21.9 Å². The second-order valence-corrected chi connectivity index (χ2v) is 4.39. The smallest absolute Gasteiger partial charge is 0.143 e. The highest BCUT2D eigenvalue weighted by Crippen LogP contribution is 2.25. The quantitative estimate of drug-likeness (QED) is 0.842. The minimum absolute atomic E-state index is 0.255. The fraction of sp³-hybridized carbons (Fsp3) is 0.444. The highest BCUT2D eigenvalue weighted by Gasteiger charge is 2.16. The van der Waals surface area contributed by atoms with E-state index in [-0.39, 0.29) is 6.10 Å². The Hall–Kier alpha value is -0.320. The third kappa shape index (κ3) is 2.38. The molecule has 0 saturated carbocycles. The van der Waals surface area contributed by atoms with Gasteiger partial charge in [0, 0.05) is 6.54 Å². The molecule has 0 radical (unpaired) electrons. The first-order valence-electron chi connectivity index (χ1n) is 4.44. The van der Waals surface area contributed by atoms with Gasteiger partial charge in [-0.05, 0) is 35.0 Å². The summed E-state index contributed by atoms with van der Waals surface area (Å²) in [5, 5.41) is 3.70. The van der Waals surface area contributed by atoms with E-state index in [9.17, 15) is 0 Å². The normalized spacial score (nSPS) is 21.1. The van der Waals surface area contributed by atoms with Gasteiger partial charge in [0.15, 0.2) is 0 Å². The average Bonchev–Trinajstić information content (AvgIpc) is 2.64. The first-order valence-corrected chi connectivity index (χ1v) is 5.61. The Balaban J connectivity index is 2.05. The van der Waals surface area contributed by atoms with Gasteiger partial charge in [0.2, 0.25) is 0 Å². The Labute approximate surface area is 95.9 Å². The van der Waals surface area contributed by atoms with Gasteiger partial charge in [0.05, 0.1) is 10.7 Å². The molecule has 0 amide bonds. The maximum Gasteiger partial charge on any atom is 0.143 e. The van der Waals surface area contributed by atoms with Crippen LogP contribution in [0.25, 0.3) is 0 Å². The number of aromatic nitrogens is 1. The summed E-state index contributed by atoms with van der Waals surface area (Å²) < 4.78 is 6.46. The molecule has 1 aliphatic heterocycles. The molecule has 1 aliphatic rings. The van der Waals surface area contributed by atoms with Crippen LogP contribution in [0, 0.1) is 0 Å². The number of nitrogens with one attached hydrogen (secondary N) is 1. The summed E-state index contributed by atoms with van der Waals surface area (Å²) in [5.41, 5.74) is 0. The standard InChI is InChI=1S/C9H10BrClN2O/c10-8-3-7(5-13-9(8)11)14-6-1-2-12-4-6/h3,5-6,12H,1-2,4H2/t6-/m1/s1. The van der Waals surface area contributed by atoms with Gasteiger partial charge < -0.3 is 10.1 Å². The molecule has 0 aromatic carbocycles. The van der Waals surface area contributed by atoms with E-state index in [2.05, 4.69) is 26.2 Å². The van der Waals surface area contributed by atoms with Gasteiger partial charge in [0.25, 0.3) is 0 Å². The van der Waals surface area contributed by atoms with Crippen molar-refractivity contribution in [1.29, 1.82) is 0 Å². The molecule has 0 spiro atoms. The second-order valence-electron chi connectivity index (χ2n) is 3.18. The van der Waals surface area contributed by atoms with Crippen molar-refractivity contribution in [3.8, 4) is 5.75 Å². The number of ether oxygens (including phenoxy) is 1. The number of hydrogen-bond donors (Lipinski definition) is 1. The van der Waals surface area contributed by atoms with Crippen molar-refractivity contribution in [3.63, 3.8) is 0 Å². The molecule has 5 heteroatoms. The van der Waals surface area contributed by atoms with Crippen molar-refractivity contribution in [2.45, 2.75) is 12.5 Å². The van der Waals surface area contributed by atoms with Gasteiger partial charge >= 0.3 is 0 Å². The lowest BCUT2D eigenvalue weighted by molar-refractivity contribution is 0.222. The van der Waals surface area contributed by atoms with Crippen LogP contribution >= 0.6 is 27.5 Å². The molecule has 1 aromatic heterocycles. The number of pyridine rings is 1. The van der Waals surface area contributed by atoms with Crippen molar-refractivity contribution < 1.29 is 4.74 Å². The average molecular weight is 278 g/mol. The molecule has 0 aliphatic carbocycles. The van der Waals surface area contributed by atoms with Crippen LogP contribution in [0.15, 0.2) is 16.7 Å². The summed E-state index contributed by atoms with van der Waals surface area (Å²) in [6.45, 7) is 1.92. The Morgan fingerprint density at radius 1 is 1.64 bits per heavy atom. The zero-order valence-electron chi connectivity index (χ0n) is 7.46. The van der Waals surface area contributed by atoms with Crippen LogP contribution in [0.5, 0.6) is 5.75 Å². The highest BCUT2D eigenvalue weighted by atomic mass is 79.9. The van der Waals surface area contributed by atoms with Crippen LogP contribution in [-0.4, -0.2) is 24.2 Å². The SMILES string of the molecule is Clc1ncc(O[C@@H]2CCNC2)cc1Br. The molecule has 1 aromatic rings. The van der Waals surface area contributed by atoms with Crippen LogP contribution in [-0.2, 0) is 0 Å². The van der Waals surface area contributed by atoms with Gasteiger partial charge in [-0.3, -0.25) is 0 Å². The molecule has 76 valence electrons. The fourth-order valence-electron chi connectivity index (χ4n) is 1.39. The molecule has 0 unspecified atom stereocenters. The second kappa shape index (κ2) is 4.47. The van der Waals surface area contributed by atoms with Gasteiger partial charge in [0.1, 0.15) is 17.0 Å². The lowest BCUT2D eigenvalue weighted by Crippen LogP contribution is -2.19. The van der Waals surface area contributed by atoms with E-state index in [1.54, 1.807) is 6.20 Å². The maximum absolute atomic E-state index is 5.77. The Kier molecular flexibility index (Phi) is 3.26. The summed E-state index contributed by atoms with van der Waals surface area (Å²) in [5.74, 6) is 0.759. The number of hydrogen-bond acceptors (Lipinski definition) is 3. The first-order chi connectivity index (χ1) is 6.75. The third-order valence-corrected chi connectivity index (χ3v) is 3.22. The topological polar surface area (TPSA) is 34.1 Å². The number of halogens is 2. The summed E-state index contributed by atoms with van der Waals surface area (Å²) >= 11 is 9.08. The van der Waals surface area contributed by atoms with E-state index in [4.69, 9.17) is 16.3 Å². The van der Waals surface area contributed by atoms with E-state index in [0.717, 1.165) is 29.7 Å². The molecule has 1 saturated heterocycles. The zero-order chi connectivity index (χ0) is 9.97. The minimum atomic E-state index is 0.255.